The molecule has 0 bridgehead atoms. The van der Waals surface area contributed by atoms with E-state index in [1.54, 1.807) is 66.7 Å². The van der Waals surface area contributed by atoms with Crippen molar-refractivity contribution in [2.75, 3.05) is 0 Å². The number of nitrogens with zero attached hydrogens (tertiary/aromatic N) is 3. The number of rotatable bonds is 5. The topological polar surface area (TPSA) is 102 Å². The van der Waals surface area contributed by atoms with Crippen LogP contribution in [-0.4, -0.2) is 17.8 Å². The number of ether oxygens (including phenoxy) is 1. The summed E-state index contributed by atoms with van der Waals surface area (Å²) in [6.07, 6.45) is 2.46. The van der Waals surface area contributed by atoms with Crippen molar-refractivity contribution >= 4 is 33.2 Å². The molecule has 0 N–H and O–H groups in total. The molecule has 0 atom stereocenters. The summed E-state index contributed by atoms with van der Waals surface area (Å²) in [6.45, 7) is 0. The zero-order chi connectivity index (χ0) is 22.7. The lowest BCUT2D eigenvalue weighted by Crippen LogP contribution is -2.19. The van der Waals surface area contributed by atoms with Crippen molar-refractivity contribution in [2.24, 2.45) is 0 Å². The Morgan fingerprint density at radius 1 is 1.03 bits per heavy atom. The van der Waals surface area contributed by atoms with Crippen LogP contribution < -0.4 is 10.3 Å². The summed E-state index contributed by atoms with van der Waals surface area (Å²) in [5.41, 5.74) is -0.528. The van der Waals surface area contributed by atoms with Crippen LogP contribution in [0.2, 0.25) is 5.02 Å². The molecular weight excluding hydrogens is 450 g/mol. The molecule has 0 fully saturated rings. The van der Waals surface area contributed by atoms with E-state index in [-0.39, 0.29) is 32.8 Å². The van der Waals surface area contributed by atoms with E-state index in [1.165, 1.54) is 22.7 Å². The Morgan fingerprint density at radius 2 is 1.72 bits per heavy atom. The number of benzene rings is 2. The van der Waals surface area contributed by atoms with Gasteiger partial charge in [-0.25, -0.2) is 8.42 Å². The molecule has 2 heterocycles. The summed E-state index contributed by atoms with van der Waals surface area (Å²) in [6, 6.07) is 20.6. The molecule has 0 spiro atoms. The van der Waals surface area contributed by atoms with E-state index in [0.717, 1.165) is 6.08 Å². The van der Waals surface area contributed by atoms with Crippen LogP contribution >= 0.6 is 11.6 Å². The Kier molecular flexibility index (Phi) is 5.77. The molecule has 4 aromatic rings. The van der Waals surface area contributed by atoms with Gasteiger partial charge in [0, 0.05) is 6.20 Å². The summed E-state index contributed by atoms with van der Waals surface area (Å²) in [4.78, 5) is 16.9. The van der Waals surface area contributed by atoms with Crippen LogP contribution in [0.25, 0.3) is 11.7 Å². The molecule has 0 aliphatic carbocycles. The van der Waals surface area contributed by atoms with Crippen molar-refractivity contribution in [3.8, 4) is 17.7 Å². The summed E-state index contributed by atoms with van der Waals surface area (Å²) in [7, 11) is -4.17. The lowest BCUT2D eigenvalue weighted by molar-refractivity contribution is 0.461. The maximum absolute atomic E-state index is 13.2. The normalized spacial score (nSPS) is 11.8. The third kappa shape index (κ3) is 3.99. The largest absolute Gasteiger partial charge is 0.437 e. The predicted molar refractivity (Wildman–Crippen MR) is 120 cm³/mol. The van der Waals surface area contributed by atoms with Crippen LogP contribution in [0.5, 0.6) is 11.6 Å². The zero-order valence-corrected chi connectivity index (χ0v) is 17.9. The van der Waals surface area contributed by atoms with Gasteiger partial charge in [0.05, 0.1) is 9.92 Å². The Morgan fingerprint density at radius 3 is 2.44 bits per heavy atom. The first kappa shape index (κ1) is 21.3. The number of nitriles is 1. The van der Waals surface area contributed by atoms with Crippen molar-refractivity contribution in [1.82, 2.24) is 9.38 Å². The number of hydrogen-bond donors (Lipinski definition) is 0. The summed E-state index contributed by atoms with van der Waals surface area (Å²) in [5, 5.41) is 9.90. The molecule has 32 heavy (non-hydrogen) atoms. The van der Waals surface area contributed by atoms with Gasteiger partial charge in [-0.1, -0.05) is 48.0 Å². The van der Waals surface area contributed by atoms with Crippen molar-refractivity contribution in [3.05, 3.63) is 105 Å². The van der Waals surface area contributed by atoms with E-state index in [2.05, 4.69) is 4.98 Å². The summed E-state index contributed by atoms with van der Waals surface area (Å²) < 4.78 is 33.0. The molecule has 2 aromatic heterocycles. The van der Waals surface area contributed by atoms with E-state index in [0.29, 0.717) is 0 Å². The van der Waals surface area contributed by atoms with Crippen molar-refractivity contribution in [3.63, 3.8) is 0 Å². The molecule has 0 radical (unpaired) electrons. The van der Waals surface area contributed by atoms with Gasteiger partial charge in [-0.15, -0.1) is 0 Å². The van der Waals surface area contributed by atoms with E-state index in [4.69, 9.17) is 16.3 Å². The van der Waals surface area contributed by atoms with Gasteiger partial charge in [-0.3, -0.25) is 9.20 Å². The highest BCUT2D eigenvalue weighted by molar-refractivity contribution is 7.95. The second-order valence-electron chi connectivity index (χ2n) is 6.53. The highest BCUT2D eigenvalue weighted by Crippen LogP contribution is 2.30. The lowest BCUT2D eigenvalue weighted by Gasteiger charge is -2.11. The molecule has 2 aromatic carbocycles. The zero-order valence-electron chi connectivity index (χ0n) is 16.3. The Hall–Kier alpha value is -3.93. The summed E-state index contributed by atoms with van der Waals surface area (Å²) in [5.74, 6) is 0.0470. The predicted octanol–water partition coefficient (Wildman–Crippen LogP) is 4.48. The fraction of sp³-hybridized carbons (Fsp3) is 0. The minimum Gasteiger partial charge on any atom is -0.437 e. The number of pyridine rings is 1. The van der Waals surface area contributed by atoms with Crippen molar-refractivity contribution in [1.29, 1.82) is 5.26 Å². The van der Waals surface area contributed by atoms with E-state index >= 15 is 0 Å². The molecule has 158 valence electrons. The molecule has 9 heteroatoms. The Labute approximate surface area is 188 Å². The van der Waals surface area contributed by atoms with E-state index < -0.39 is 20.3 Å². The molecule has 0 saturated heterocycles. The molecule has 0 saturated carbocycles. The molecule has 0 aliphatic rings. The number of sulfone groups is 1. The molecule has 0 amide bonds. The standard InChI is InChI=1S/C23H14ClN3O4S/c24-19-10-4-5-11-20(19)31-22-18(23(28)27-13-7-6-12-21(27)26-22)14-17(15-25)32(29,30)16-8-2-1-3-9-16/h1-14H/b17-14+. The molecule has 0 unspecified atom stereocenters. The van der Waals surface area contributed by atoms with Gasteiger partial charge in [-0.2, -0.15) is 10.2 Å². The number of para-hydroxylation sites is 1. The Balaban J connectivity index is 1.96. The van der Waals surface area contributed by atoms with Crippen LogP contribution in [-0.2, 0) is 9.84 Å². The highest BCUT2D eigenvalue weighted by atomic mass is 35.5. The van der Waals surface area contributed by atoms with Crippen LogP contribution in [0.15, 0.2) is 93.6 Å². The second-order valence-corrected chi connectivity index (χ2v) is 8.86. The van der Waals surface area contributed by atoms with E-state index in [9.17, 15) is 18.5 Å². The van der Waals surface area contributed by atoms with E-state index in [1.807, 2.05) is 0 Å². The number of allylic oxidation sites excluding steroid dienone is 1. The maximum atomic E-state index is 13.2. The third-order valence-corrected chi connectivity index (χ3v) is 6.50. The van der Waals surface area contributed by atoms with Gasteiger partial charge < -0.3 is 4.74 Å². The SMILES string of the molecule is N#C/C(=C\c1c(Oc2ccccc2Cl)nc2ccccn2c1=O)S(=O)(=O)c1ccccc1. The molecule has 7 nitrogen and oxygen atoms in total. The van der Waals surface area contributed by atoms with Crippen LogP contribution in [0.3, 0.4) is 0 Å². The van der Waals surface area contributed by atoms with Crippen molar-refractivity contribution < 1.29 is 13.2 Å². The lowest BCUT2D eigenvalue weighted by atomic mass is 10.2. The first-order valence-corrected chi connectivity index (χ1v) is 11.1. The maximum Gasteiger partial charge on any atom is 0.269 e. The van der Waals surface area contributed by atoms with Gasteiger partial charge >= 0.3 is 0 Å². The van der Waals surface area contributed by atoms with Gasteiger partial charge in [-0.05, 0) is 42.5 Å². The monoisotopic (exact) mass is 463 g/mol. The van der Waals surface area contributed by atoms with Crippen LogP contribution in [0.1, 0.15) is 5.56 Å². The molecule has 0 aliphatic heterocycles. The Bertz CT molecular complexity index is 1560. The van der Waals surface area contributed by atoms with Gasteiger partial charge in [0.25, 0.3) is 5.56 Å². The smallest absolute Gasteiger partial charge is 0.269 e. The van der Waals surface area contributed by atoms with Crippen LogP contribution in [0.4, 0.5) is 0 Å². The van der Waals surface area contributed by atoms with Gasteiger partial charge in [0.15, 0.2) is 0 Å². The summed E-state index contributed by atoms with van der Waals surface area (Å²) >= 11 is 6.17. The molecule has 4 rings (SSSR count). The third-order valence-electron chi connectivity index (χ3n) is 4.51. The number of halogens is 1. The minimum atomic E-state index is -4.17. The van der Waals surface area contributed by atoms with Gasteiger partial charge in [0.2, 0.25) is 15.7 Å². The number of fused-ring (bicyclic) bond motifs is 1. The highest BCUT2D eigenvalue weighted by Gasteiger charge is 2.23. The average Bonchev–Trinajstić information content (AvgIpc) is 2.81. The first-order chi connectivity index (χ1) is 15.4. The fourth-order valence-corrected chi connectivity index (χ4v) is 4.28. The van der Waals surface area contributed by atoms with Gasteiger partial charge in [0.1, 0.15) is 27.9 Å². The fourth-order valence-electron chi connectivity index (χ4n) is 2.94. The van der Waals surface area contributed by atoms with Crippen LogP contribution in [0, 0.1) is 11.3 Å². The number of hydrogen-bond acceptors (Lipinski definition) is 6. The average molecular weight is 464 g/mol. The van der Waals surface area contributed by atoms with Crippen molar-refractivity contribution in [2.45, 2.75) is 4.90 Å². The number of aromatic nitrogens is 2. The molecular formula is C23H14ClN3O4S. The second kappa shape index (κ2) is 8.67. The minimum absolute atomic E-state index is 0.0739. The quantitative estimate of drug-likeness (QED) is 0.404. The first-order valence-electron chi connectivity index (χ1n) is 9.27.